The summed E-state index contributed by atoms with van der Waals surface area (Å²) in [5.41, 5.74) is 0. The van der Waals surface area contributed by atoms with E-state index in [0.29, 0.717) is 12.0 Å². The molecule has 5 unspecified atom stereocenters. The topological polar surface area (TPSA) is 50.7 Å². The van der Waals surface area contributed by atoms with Gasteiger partial charge in [0.05, 0.1) is 18.3 Å². The SMILES string of the molecule is CCOC1CC(NCC2CCCCC2O)C1OC. The molecule has 2 saturated carbocycles. The van der Waals surface area contributed by atoms with Crippen LogP contribution in [0.25, 0.3) is 0 Å². The maximum atomic E-state index is 9.94. The molecule has 18 heavy (non-hydrogen) atoms. The van der Waals surface area contributed by atoms with E-state index in [1.54, 1.807) is 7.11 Å². The van der Waals surface area contributed by atoms with E-state index < -0.39 is 0 Å². The van der Waals surface area contributed by atoms with Gasteiger partial charge in [-0.15, -0.1) is 0 Å². The highest BCUT2D eigenvalue weighted by molar-refractivity contribution is 4.97. The fourth-order valence-electron chi connectivity index (χ4n) is 3.20. The van der Waals surface area contributed by atoms with Gasteiger partial charge >= 0.3 is 0 Å². The Kier molecular flexibility index (Phi) is 5.42. The van der Waals surface area contributed by atoms with E-state index in [1.807, 2.05) is 6.92 Å². The Balaban J connectivity index is 1.70. The predicted molar refractivity (Wildman–Crippen MR) is 70.6 cm³/mol. The highest BCUT2D eigenvalue weighted by Crippen LogP contribution is 2.28. The third-order valence-electron chi connectivity index (χ3n) is 4.41. The zero-order valence-corrected chi connectivity index (χ0v) is 11.6. The van der Waals surface area contributed by atoms with Gasteiger partial charge in [0.2, 0.25) is 0 Å². The molecule has 0 amide bonds. The Morgan fingerprint density at radius 2 is 2.06 bits per heavy atom. The van der Waals surface area contributed by atoms with Gasteiger partial charge in [-0.2, -0.15) is 0 Å². The van der Waals surface area contributed by atoms with Crippen LogP contribution in [0.15, 0.2) is 0 Å². The number of aliphatic hydroxyl groups is 1. The number of hydrogen-bond acceptors (Lipinski definition) is 4. The number of nitrogens with one attached hydrogen (secondary N) is 1. The molecule has 106 valence electrons. The number of hydrogen-bond donors (Lipinski definition) is 2. The Hall–Kier alpha value is -0.160. The van der Waals surface area contributed by atoms with Gasteiger partial charge in [-0.1, -0.05) is 12.8 Å². The van der Waals surface area contributed by atoms with E-state index in [-0.39, 0.29) is 18.3 Å². The van der Waals surface area contributed by atoms with E-state index in [0.717, 1.165) is 32.4 Å². The molecule has 2 rings (SSSR count). The van der Waals surface area contributed by atoms with Crippen LogP contribution in [0.2, 0.25) is 0 Å². The Morgan fingerprint density at radius 1 is 1.28 bits per heavy atom. The Labute approximate surface area is 110 Å². The first-order valence-electron chi connectivity index (χ1n) is 7.32. The lowest BCUT2D eigenvalue weighted by Gasteiger charge is -2.44. The molecule has 0 spiro atoms. The number of rotatable bonds is 6. The lowest BCUT2D eigenvalue weighted by molar-refractivity contribution is -0.132. The van der Waals surface area contributed by atoms with E-state index in [4.69, 9.17) is 9.47 Å². The Morgan fingerprint density at radius 3 is 2.72 bits per heavy atom. The first-order chi connectivity index (χ1) is 8.76. The molecule has 2 aliphatic carbocycles. The monoisotopic (exact) mass is 257 g/mol. The lowest BCUT2D eigenvalue weighted by Crippen LogP contribution is -2.60. The summed E-state index contributed by atoms with van der Waals surface area (Å²) < 4.78 is 11.1. The summed E-state index contributed by atoms with van der Waals surface area (Å²) >= 11 is 0. The maximum absolute atomic E-state index is 9.94. The number of aliphatic hydroxyl groups excluding tert-OH is 1. The normalized spacial score (nSPS) is 40.5. The molecule has 5 atom stereocenters. The lowest BCUT2D eigenvalue weighted by atomic mass is 9.83. The third-order valence-corrected chi connectivity index (χ3v) is 4.41. The Bertz CT molecular complexity index is 249. The van der Waals surface area contributed by atoms with Crippen LogP contribution in [0.3, 0.4) is 0 Å². The third kappa shape index (κ3) is 3.23. The summed E-state index contributed by atoms with van der Waals surface area (Å²) in [5.74, 6) is 0.419. The van der Waals surface area contributed by atoms with Gasteiger partial charge < -0.3 is 19.9 Å². The van der Waals surface area contributed by atoms with Crippen molar-refractivity contribution in [1.82, 2.24) is 5.32 Å². The average molecular weight is 257 g/mol. The quantitative estimate of drug-likeness (QED) is 0.753. The van der Waals surface area contributed by atoms with Crippen LogP contribution >= 0.6 is 0 Å². The van der Waals surface area contributed by atoms with Gasteiger partial charge in [-0.3, -0.25) is 0 Å². The van der Waals surface area contributed by atoms with E-state index in [9.17, 15) is 5.11 Å². The van der Waals surface area contributed by atoms with Crippen LogP contribution in [0, 0.1) is 5.92 Å². The van der Waals surface area contributed by atoms with Crippen LogP contribution in [-0.4, -0.2) is 49.7 Å². The zero-order valence-electron chi connectivity index (χ0n) is 11.6. The molecule has 0 aromatic rings. The largest absolute Gasteiger partial charge is 0.393 e. The minimum atomic E-state index is -0.116. The molecule has 0 bridgehead atoms. The second-order valence-corrected chi connectivity index (χ2v) is 5.56. The molecule has 2 fully saturated rings. The van der Waals surface area contributed by atoms with Crippen LogP contribution in [-0.2, 0) is 9.47 Å². The molecule has 2 N–H and O–H groups in total. The second kappa shape index (κ2) is 6.85. The van der Waals surface area contributed by atoms with Gasteiger partial charge in [0.1, 0.15) is 0 Å². The predicted octanol–water partition coefficient (Wildman–Crippen LogP) is 1.32. The van der Waals surface area contributed by atoms with Crippen molar-refractivity contribution < 1.29 is 14.6 Å². The fraction of sp³-hybridized carbons (Fsp3) is 1.00. The average Bonchev–Trinajstić information content (AvgIpc) is 2.35. The minimum absolute atomic E-state index is 0.116. The maximum Gasteiger partial charge on any atom is 0.0986 e. The summed E-state index contributed by atoms with van der Waals surface area (Å²) in [6, 6.07) is 0.390. The first kappa shape index (κ1) is 14.3. The van der Waals surface area contributed by atoms with Crippen LogP contribution in [0.4, 0.5) is 0 Å². The van der Waals surface area contributed by atoms with E-state index in [1.165, 1.54) is 12.8 Å². The second-order valence-electron chi connectivity index (χ2n) is 5.56. The van der Waals surface area contributed by atoms with E-state index >= 15 is 0 Å². The molecule has 2 aliphatic rings. The van der Waals surface area contributed by atoms with Crippen molar-refractivity contribution in [3.05, 3.63) is 0 Å². The molecule has 4 nitrogen and oxygen atoms in total. The van der Waals surface area contributed by atoms with Gasteiger partial charge in [-0.05, 0) is 32.1 Å². The van der Waals surface area contributed by atoms with Crippen LogP contribution in [0.5, 0.6) is 0 Å². The van der Waals surface area contributed by atoms with Crippen molar-refractivity contribution in [3.63, 3.8) is 0 Å². The summed E-state index contributed by atoms with van der Waals surface area (Å²) in [6.07, 6.45) is 5.86. The van der Waals surface area contributed by atoms with Gasteiger partial charge in [0.15, 0.2) is 0 Å². The minimum Gasteiger partial charge on any atom is -0.393 e. The van der Waals surface area contributed by atoms with Crippen molar-refractivity contribution >= 4 is 0 Å². The van der Waals surface area contributed by atoms with Crippen molar-refractivity contribution in [2.24, 2.45) is 5.92 Å². The van der Waals surface area contributed by atoms with Crippen molar-refractivity contribution in [2.45, 2.75) is 63.4 Å². The van der Waals surface area contributed by atoms with Crippen molar-refractivity contribution in [1.29, 1.82) is 0 Å². The van der Waals surface area contributed by atoms with Gasteiger partial charge in [0.25, 0.3) is 0 Å². The molecular formula is C14H27NO3. The smallest absolute Gasteiger partial charge is 0.0986 e. The van der Waals surface area contributed by atoms with Crippen LogP contribution < -0.4 is 5.32 Å². The molecule has 0 aliphatic heterocycles. The fourth-order valence-corrected chi connectivity index (χ4v) is 3.20. The highest BCUT2D eigenvalue weighted by Gasteiger charge is 2.42. The van der Waals surface area contributed by atoms with Gasteiger partial charge in [0, 0.05) is 26.3 Å². The van der Waals surface area contributed by atoms with Gasteiger partial charge in [-0.25, -0.2) is 0 Å². The highest BCUT2D eigenvalue weighted by atomic mass is 16.5. The molecular weight excluding hydrogens is 230 g/mol. The molecule has 0 radical (unpaired) electrons. The van der Waals surface area contributed by atoms with Crippen LogP contribution in [0.1, 0.15) is 39.0 Å². The number of methoxy groups -OCH3 is 1. The van der Waals surface area contributed by atoms with E-state index in [2.05, 4.69) is 5.32 Å². The summed E-state index contributed by atoms with van der Waals surface area (Å²) in [5, 5.41) is 13.5. The molecule has 0 saturated heterocycles. The standard InChI is InChI=1S/C14H27NO3/c1-3-18-13-8-11(14(13)17-2)15-9-10-6-4-5-7-12(10)16/h10-16H,3-9H2,1-2H3. The van der Waals surface area contributed by atoms with Crippen molar-refractivity contribution in [2.75, 3.05) is 20.3 Å². The molecule has 0 aromatic heterocycles. The zero-order chi connectivity index (χ0) is 13.0. The molecule has 4 heteroatoms. The summed E-state index contributed by atoms with van der Waals surface area (Å²) in [6.45, 7) is 3.68. The summed E-state index contributed by atoms with van der Waals surface area (Å²) in [4.78, 5) is 0. The molecule has 0 aromatic carbocycles. The first-order valence-corrected chi connectivity index (χ1v) is 7.32. The molecule has 0 heterocycles. The summed E-state index contributed by atoms with van der Waals surface area (Å²) in [7, 11) is 1.75. The van der Waals surface area contributed by atoms with Crippen molar-refractivity contribution in [3.8, 4) is 0 Å². The number of ether oxygens (including phenoxy) is 2.